The van der Waals surface area contributed by atoms with Gasteiger partial charge in [0, 0.05) is 5.76 Å². The normalized spacial score (nSPS) is 22.1. The van der Waals surface area contributed by atoms with E-state index in [9.17, 15) is 9.90 Å². The van der Waals surface area contributed by atoms with Crippen LogP contribution < -0.4 is 34.7 Å². The summed E-state index contributed by atoms with van der Waals surface area (Å²) in [6.07, 6.45) is -2.88. The van der Waals surface area contributed by atoms with Gasteiger partial charge in [-0.15, -0.1) is 0 Å². The van der Waals surface area contributed by atoms with Crippen molar-refractivity contribution in [1.82, 2.24) is 0 Å². The van der Waals surface area contributed by atoms with Crippen molar-refractivity contribution >= 4 is 5.97 Å². The molecule has 1 rings (SSSR count). The first-order chi connectivity index (χ1) is 5.57. The zero-order chi connectivity index (χ0) is 9.30. The maximum atomic E-state index is 10.6. The molecule has 8 heteroatoms. The monoisotopic (exact) mass is 216 g/mol. The Bertz CT molecular complexity index is 238. The van der Waals surface area contributed by atoms with E-state index in [1.165, 1.54) is 0 Å². The van der Waals surface area contributed by atoms with Crippen LogP contribution in [0.3, 0.4) is 0 Å². The van der Waals surface area contributed by atoms with Crippen LogP contribution in [0.5, 0.6) is 0 Å². The van der Waals surface area contributed by atoms with Crippen molar-refractivity contribution < 1.29 is 65.0 Å². The van der Waals surface area contributed by atoms with E-state index < -0.39 is 36.3 Å². The molecule has 0 fully saturated rings. The summed E-state index contributed by atoms with van der Waals surface area (Å²) in [5.74, 6) is -3.25. The van der Waals surface area contributed by atoms with E-state index in [0.29, 0.717) is 0 Å². The number of carbonyl (C=O) groups is 1. The van der Waals surface area contributed by atoms with E-state index >= 15 is 0 Å². The van der Waals surface area contributed by atoms with Crippen LogP contribution in [0.1, 0.15) is 0 Å². The molecule has 0 saturated carbocycles. The van der Waals surface area contributed by atoms with Crippen molar-refractivity contribution in [3.05, 3.63) is 11.5 Å². The topological polar surface area (TPSA) is 142 Å². The van der Waals surface area contributed by atoms with Gasteiger partial charge in [0.25, 0.3) is 0 Å². The second-order valence-corrected chi connectivity index (χ2v) is 2.29. The van der Waals surface area contributed by atoms with Gasteiger partial charge in [-0.05, 0) is 0 Å². The number of ether oxygens (including phenoxy) is 1. The van der Waals surface area contributed by atoms with Crippen molar-refractivity contribution in [2.24, 2.45) is 0 Å². The van der Waals surface area contributed by atoms with Gasteiger partial charge in [-0.2, -0.15) is 0 Å². The first-order valence-electron chi connectivity index (χ1n) is 3.18. The van der Waals surface area contributed by atoms with Crippen LogP contribution in [0.4, 0.5) is 0 Å². The van der Waals surface area contributed by atoms with E-state index in [-0.39, 0.29) is 35.0 Å². The van der Waals surface area contributed by atoms with Crippen LogP contribution in [-0.2, 0) is 9.53 Å². The summed E-state index contributed by atoms with van der Waals surface area (Å²) in [7, 11) is 0. The molecule has 0 aliphatic carbocycles. The molecule has 0 aromatic heterocycles. The Kier molecular flexibility index (Phi) is 7.17. The second-order valence-electron chi connectivity index (χ2n) is 2.29. The minimum atomic E-state index is -1.46. The van der Waals surface area contributed by atoms with Crippen molar-refractivity contribution in [3.8, 4) is 0 Å². The van der Waals surface area contributed by atoms with Crippen molar-refractivity contribution in [2.75, 3.05) is 6.61 Å². The molecule has 0 aromatic carbocycles. The Hall–Kier alpha value is -0.310. The van der Waals surface area contributed by atoms with E-state index in [1.807, 2.05) is 0 Å². The third-order valence-corrected chi connectivity index (χ3v) is 1.46. The first kappa shape index (κ1) is 16.1. The zero-order valence-corrected chi connectivity index (χ0v) is 9.43. The standard InChI is InChI=1S/C6H8O6.Na.H2O/c7-1-2(8)5-3(9)4(10)6(11)12-5;;/h2,5,7-10H,1H2;;1H2/q;+1;/p-1. The Morgan fingerprint density at radius 2 is 2.07 bits per heavy atom. The summed E-state index contributed by atoms with van der Waals surface area (Å²) in [4.78, 5) is 10.5. The third-order valence-electron chi connectivity index (χ3n) is 1.46. The van der Waals surface area contributed by atoms with Crippen LogP contribution in [-0.4, -0.2) is 45.6 Å². The fourth-order valence-electron chi connectivity index (χ4n) is 0.815. The summed E-state index contributed by atoms with van der Waals surface area (Å²) in [6, 6.07) is 0. The predicted molar refractivity (Wildman–Crippen MR) is 36.2 cm³/mol. The molecule has 76 valence electrons. The quantitative estimate of drug-likeness (QED) is 0.309. The third kappa shape index (κ3) is 2.84. The summed E-state index contributed by atoms with van der Waals surface area (Å²) in [5.41, 5.74) is 0. The number of esters is 1. The molecule has 1 aliphatic rings. The van der Waals surface area contributed by atoms with Gasteiger partial charge in [-0.25, -0.2) is 4.79 Å². The van der Waals surface area contributed by atoms with E-state index in [2.05, 4.69) is 4.74 Å². The molecular formula is C6H9NaO7. The van der Waals surface area contributed by atoms with Crippen LogP contribution >= 0.6 is 0 Å². The molecule has 2 unspecified atom stereocenters. The Balaban J connectivity index is 0. The molecule has 0 radical (unpaired) electrons. The maximum Gasteiger partial charge on any atom is 1.00 e. The molecule has 0 amide bonds. The van der Waals surface area contributed by atoms with Crippen molar-refractivity contribution in [1.29, 1.82) is 0 Å². The largest absolute Gasteiger partial charge is 1.00 e. The molecule has 2 atom stereocenters. The van der Waals surface area contributed by atoms with E-state index in [4.69, 9.17) is 15.3 Å². The van der Waals surface area contributed by atoms with Gasteiger partial charge >= 0.3 is 35.5 Å². The maximum absolute atomic E-state index is 10.6. The molecule has 7 nitrogen and oxygen atoms in total. The molecular weight excluding hydrogens is 207 g/mol. The molecule has 0 aromatic rings. The number of carbonyl (C=O) groups excluding carboxylic acids is 1. The van der Waals surface area contributed by atoms with Crippen molar-refractivity contribution in [3.63, 3.8) is 0 Å². The molecule has 5 N–H and O–H groups in total. The minimum absolute atomic E-state index is 0. The fraction of sp³-hybridized carbons (Fsp3) is 0.500. The molecule has 14 heavy (non-hydrogen) atoms. The Morgan fingerprint density at radius 3 is 2.36 bits per heavy atom. The smallest absolute Gasteiger partial charge is 0.865 e. The number of cyclic esters (lactones) is 1. The number of aliphatic hydroxyl groups is 3. The Labute approximate surface area is 101 Å². The first-order valence-corrected chi connectivity index (χ1v) is 3.18. The number of hydrogen-bond donors (Lipinski definition) is 3. The van der Waals surface area contributed by atoms with E-state index in [0.717, 1.165) is 0 Å². The summed E-state index contributed by atoms with van der Waals surface area (Å²) >= 11 is 0. The Morgan fingerprint density at radius 1 is 1.57 bits per heavy atom. The van der Waals surface area contributed by atoms with Crippen molar-refractivity contribution in [2.45, 2.75) is 12.2 Å². The minimum Gasteiger partial charge on any atom is -0.865 e. The van der Waals surface area contributed by atoms with Crippen LogP contribution in [0.2, 0.25) is 0 Å². The van der Waals surface area contributed by atoms with Gasteiger partial charge in [0.15, 0.2) is 6.10 Å². The summed E-state index contributed by atoms with van der Waals surface area (Å²) in [6.45, 7) is -0.699. The number of hydrogen-bond acceptors (Lipinski definition) is 6. The van der Waals surface area contributed by atoms with Gasteiger partial charge in [0.2, 0.25) is 0 Å². The second kappa shape index (κ2) is 6.23. The molecule has 0 bridgehead atoms. The number of rotatable bonds is 2. The average molecular weight is 216 g/mol. The molecule has 1 heterocycles. The van der Waals surface area contributed by atoms with Crippen LogP contribution in [0, 0.1) is 0 Å². The van der Waals surface area contributed by atoms with Crippen LogP contribution in [0.15, 0.2) is 11.5 Å². The van der Waals surface area contributed by atoms with Gasteiger partial charge < -0.3 is 30.6 Å². The predicted octanol–water partition coefficient (Wildman–Crippen LogP) is -6.43. The zero-order valence-electron chi connectivity index (χ0n) is 7.43. The summed E-state index contributed by atoms with van der Waals surface area (Å²) < 4.78 is 4.25. The fourth-order valence-corrected chi connectivity index (χ4v) is 0.815. The van der Waals surface area contributed by atoms with Gasteiger partial charge in [-0.3, -0.25) is 0 Å². The van der Waals surface area contributed by atoms with Crippen LogP contribution in [0.25, 0.3) is 0 Å². The molecule has 0 saturated heterocycles. The number of aliphatic hydroxyl groups excluding tert-OH is 3. The van der Waals surface area contributed by atoms with Gasteiger partial charge in [0.05, 0.1) is 6.61 Å². The van der Waals surface area contributed by atoms with E-state index in [1.54, 1.807) is 0 Å². The summed E-state index contributed by atoms with van der Waals surface area (Å²) in [5, 5.41) is 36.8. The average Bonchev–Trinajstić information content (AvgIpc) is 2.32. The molecule has 1 aliphatic heterocycles. The molecule has 0 spiro atoms. The van der Waals surface area contributed by atoms with Gasteiger partial charge in [-0.1, -0.05) is 0 Å². The SMILES string of the molecule is O.O=C1OC(C(O)CO)C(O)=C1[O-].[Na+]. The van der Waals surface area contributed by atoms with Gasteiger partial charge in [0.1, 0.15) is 11.9 Å².